The van der Waals surface area contributed by atoms with Crippen LogP contribution in [-0.4, -0.2) is 165 Å². The van der Waals surface area contributed by atoms with Gasteiger partial charge in [0.2, 0.25) is 5.91 Å². The third kappa shape index (κ3) is 39.0. The number of hydrogen-bond acceptors (Lipinski definition) is 15. The fourth-order valence-electron chi connectivity index (χ4n) is 4.75. The number of Topliss-reactive ketones (excluding diaryl/α,β-unsaturated/α-hetero) is 1. The molecular formula is C41H77N3O15. The molecule has 0 aromatic rings. The number of nitrogens with one attached hydrogen (secondary N) is 3. The van der Waals surface area contributed by atoms with Crippen LogP contribution in [0, 0.1) is 0 Å². The standard InChI is InChI=1S/C41H77N3O15/c1-9-17-50-19-21-52-23-25-54-27-29-56-31-32-57-30-28-55-26-24-53-22-20-51-18-15-36(46)42-16-11-10-12-34(33(2)45)43-39(49)44-35(38(48)59-41(6,7)8)13-14-37(47)58-40(3,4)5/h34-35H,9-32H2,1-8H3,(H,42,46)(H2,43,44,49)/t34-,35-/m0/s1. The second kappa shape index (κ2) is 35.8. The van der Waals surface area contributed by atoms with Gasteiger partial charge in [0.15, 0.2) is 5.78 Å². The van der Waals surface area contributed by atoms with E-state index >= 15 is 0 Å². The van der Waals surface area contributed by atoms with Crippen molar-refractivity contribution >= 4 is 29.7 Å². The highest BCUT2D eigenvalue weighted by Gasteiger charge is 2.29. The van der Waals surface area contributed by atoms with Crippen molar-refractivity contribution in [2.45, 2.75) is 124 Å². The van der Waals surface area contributed by atoms with E-state index in [1.165, 1.54) is 6.92 Å². The van der Waals surface area contributed by atoms with Crippen LogP contribution >= 0.6 is 0 Å². The molecule has 0 unspecified atom stereocenters. The molecule has 0 saturated heterocycles. The number of esters is 2. The Morgan fingerprint density at radius 2 is 0.898 bits per heavy atom. The van der Waals surface area contributed by atoms with Crippen molar-refractivity contribution in [1.82, 2.24) is 16.0 Å². The molecule has 0 bridgehead atoms. The van der Waals surface area contributed by atoms with Gasteiger partial charge in [0, 0.05) is 26.0 Å². The van der Waals surface area contributed by atoms with Gasteiger partial charge in [0.1, 0.15) is 17.2 Å². The highest BCUT2D eigenvalue weighted by molar-refractivity contribution is 5.89. The maximum Gasteiger partial charge on any atom is 0.329 e. The highest BCUT2D eigenvalue weighted by Crippen LogP contribution is 2.14. The maximum atomic E-state index is 12.8. The Morgan fingerprint density at radius 3 is 1.31 bits per heavy atom. The second-order valence-electron chi connectivity index (χ2n) is 15.5. The Labute approximate surface area is 352 Å². The van der Waals surface area contributed by atoms with E-state index in [-0.39, 0.29) is 37.6 Å². The zero-order chi connectivity index (χ0) is 44.2. The topological polar surface area (TPSA) is 214 Å². The maximum absolute atomic E-state index is 12.8. The van der Waals surface area contributed by atoms with Gasteiger partial charge in [-0.1, -0.05) is 6.92 Å². The molecule has 0 aromatic carbocycles. The van der Waals surface area contributed by atoms with Crippen LogP contribution in [0.1, 0.15) is 100 Å². The summed E-state index contributed by atoms with van der Waals surface area (Å²) in [5.41, 5.74) is -1.51. The number of ketones is 1. The predicted octanol–water partition coefficient (Wildman–Crippen LogP) is 3.29. The number of unbranched alkanes of at least 4 members (excludes halogenated alkanes) is 1. The van der Waals surface area contributed by atoms with Crippen molar-refractivity contribution in [3.63, 3.8) is 0 Å². The van der Waals surface area contributed by atoms with Crippen LogP contribution < -0.4 is 16.0 Å². The van der Waals surface area contributed by atoms with E-state index in [9.17, 15) is 24.0 Å². The lowest BCUT2D eigenvalue weighted by Gasteiger charge is -2.26. The summed E-state index contributed by atoms with van der Waals surface area (Å²) >= 11 is 0. The van der Waals surface area contributed by atoms with Crippen molar-refractivity contribution in [3.05, 3.63) is 0 Å². The minimum Gasteiger partial charge on any atom is -0.460 e. The molecule has 3 amide bonds. The molecule has 0 heterocycles. The molecular weight excluding hydrogens is 774 g/mol. The molecule has 2 atom stereocenters. The normalized spacial score (nSPS) is 12.7. The molecule has 0 fully saturated rings. The summed E-state index contributed by atoms with van der Waals surface area (Å²) in [6, 6.07) is -2.68. The molecule has 0 radical (unpaired) electrons. The van der Waals surface area contributed by atoms with Crippen molar-refractivity contribution < 1.29 is 71.3 Å². The van der Waals surface area contributed by atoms with Gasteiger partial charge in [-0.2, -0.15) is 0 Å². The average molecular weight is 852 g/mol. The number of hydrogen-bond donors (Lipinski definition) is 3. The summed E-state index contributed by atoms with van der Waals surface area (Å²) in [6.45, 7) is 21.8. The summed E-state index contributed by atoms with van der Waals surface area (Å²) in [6.07, 6.45) is 2.48. The van der Waals surface area contributed by atoms with Gasteiger partial charge in [-0.25, -0.2) is 9.59 Å². The monoisotopic (exact) mass is 852 g/mol. The summed E-state index contributed by atoms with van der Waals surface area (Å²) in [4.78, 5) is 62.3. The fraction of sp³-hybridized carbons (Fsp3) is 0.878. The lowest BCUT2D eigenvalue weighted by molar-refractivity contribution is -0.158. The zero-order valence-electron chi connectivity index (χ0n) is 37.2. The summed E-state index contributed by atoms with van der Waals surface area (Å²) in [7, 11) is 0. The van der Waals surface area contributed by atoms with E-state index in [0.29, 0.717) is 118 Å². The number of carbonyl (C=O) groups is 5. The minimum absolute atomic E-state index is 0.0440. The van der Waals surface area contributed by atoms with Gasteiger partial charge in [0.05, 0.1) is 105 Å². The third-order valence-corrected chi connectivity index (χ3v) is 7.52. The summed E-state index contributed by atoms with van der Waals surface area (Å²) < 4.78 is 54.3. The van der Waals surface area contributed by atoms with Gasteiger partial charge in [0.25, 0.3) is 0 Å². The van der Waals surface area contributed by atoms with Gasteiger partial charge < -0.3 is 63.3 Å². The van der Waals surface area contributed by atoms with Crippen LogP contribution in [0.5, 0.6) is 0 Å². The van der Waals surface area contributed by atoms with Crippen molar-refractivity contribution in [1.29, 1.82) is 0 Å². The lowest BCUT2D eigenvalue weighted by atomic mass is 10.1. The molecule has 0 aliphatic rings. The van der Waals surface area contributed by atoms with Gasteiger partial charge >= 0.3 is 18.0 Å². The Kier molecular flexibility index (Phi) is 34.0. The SMILES string of the molecule is CCCOCCOCCOCCOCCOCCOCCOCCOCCC(=O)NCCCC[C@H](NC(=O)N[C@@H](CCC(=O)OC(C)(C)C)C(=O)OC(C)(C)C)C(C)=O. The molecule has 18 nitrogen and oxygen atoms in total. The molecule has 346 valence electrons. The highest BCUT2D eigenvalue weighted by atomic mass is 16.6. The van der Waals surface area contributed by atoms with E-state index in [0.717, 1.165) is 13.0 Å². The van der Waals surface area contributed by atoms with Gasteiger partial charge in [-0.15, -0.1) is 0 Å². The molecule has 0 aliphatic carbocycles. The van der Waals surface area contributed by atoms with E-state index in [2.05, 4.69) is 22.9 Å². The number of urea groups is 1. The van der Waals surface area contributed by atoms with E-state index in [1.54, 1.807) is 41.5 Å². The molecule has 3 N–H and O–H groups in total. The summed E-state index contributed by atoms with van der Waals surface area (Å²) in [5, 5.41) is 7.97. The number of amides is 3. The molecule has 18 heteroatoms. The van der Waals surface area contributed by atoms with Crippen LogP contribution in [0.15, 0.2) is 0 Å². The first-order valence-corrected chi connectivity index (χ1v) is 20.9. The predicted molar refractivity (Wildman–Crippen MR) is 219 cm³/mol. The van der Waals surface area contributed by atoms with E-state index in [4.69, 9.17) is 47.4 Å². The molecule has 59 heavy (non-hydrogen) atoms. The van der Waals surface area contributed by atoms with Crippen LogP contribution in [0.25, 0.3) is 0 Å². The van der Waals surface area contributed by atoms with Crippen LogP contribution in [0.2, 0.25) is 0 Å². The second-order valence-corrected chi connectivity index (χ2v) is 15.5. The van der Waals surface area contributed by atoms with Crippen molar-refractivity contribution in [3.8, 4) is 0 Å². The number of carbonyl (C=O) groups excluding carboxylic acids is 5. The molecule has 0 aliphatic heterocycles. The van der Waals surface area contributed by atoms with E-state index < -0.39 is 41.3 Å². The Balaban J connectivity index is 3.92. The summed E-state index contributed by atoms with van der Waals surface area (Å²) in [5.74, 6) is -1.65. The number of rotatable bonds is 38. The molecule has 0 rings (SSSR count). The van der Waals surface area contributed by atoms with Crippen LogP contribution in [0.4, 0.5) is 4.79 Å². The Bertz CT molecular complexity index is 1110. The molecule has 0 aromatic heterocycles. The first-order valence-electron chi connectivity index (χ1n) is 20.9. The minimum atomic E-state index is -1.13. The van der Waals surface area contributed by atoms with Crippen LogP contribution in [0.3, 0.4) is 0 Å². The van der Waals surface area contributed by atoms with Gasteiger partial charge in [-0.05, 0) is 80.6 Å². The largest absolute Gasteiger partial charge is 0.460 e. The van der Waals surface area contributed by atoms with Gasteiger partial charge in [-0.3, -0.25) is 14.4 Å². The quantitative estimate of drug-likeness (QED) is 0.0601. The third-order valence-electron chi connectivity index (χ3n) is 7.52. The molecule has 0 saturated carbocycles. The Morgan fingerprint density at radius 1 is 0.492 bits per heavy atom. The smallest absolute Gasteiger partial charge is 0.329 e. The molecule has 0 spiro atoms. The van der Waals surface area contributed by atoms with Crippen molar-refractivity contribution in [2.75, 3.05) is 112 Å². The van der Waals surface area contributed by atoms with Crippen LogP contribution in [-0.2, 0) is 66.5 Å². The lowest BCUT2D eigenvalue weighted by Crippen LogP contribution is -2.52. The first kappa shape index (κ1) is 56.0. The zero-order valence-corrected chi connectivity index (χ0v) is 37.2. The number of ether oxygens (including phenoxy) is 10. The van der Waals surface area contributed by atoms with E-state index in [1.807, 2.05) is 0 Å². The fourth-order valence-corrected chi connectivity index (χ4v) is 4.75. The van der Waals surface area contributed by atoms with Crippen molar-refractivity contribution in [2.24, 2.45) is 0 Å². The Hall–Kier alpha value is -2.97. The first-order chi connectivity index (χ1) is 28.0. The average Bonchev–Trinajstić information content (AvgIpc) is 3.14.